The predicted octanol–water partition coefficient (Wildman–Crippen LogP) is 3.76. The number of aryl methyl sites for hydroxylation is 4. The lowest BCUT2D eigenvalue weighted by atomic mass is 10.00. The number of nitrogens with one attached hydrogen (secondary N) is 2. The number of hydrogen-bond donors (Lipinski definition) is 2. The molecule has 120 valence electrons. The summed E-state index contributed by atoms with van der Waals surface area (Å²) in [5, 5.41) is 1.87. The molecule has 0 aliphatic heterocycles. The van der Waals surface area contributed by atoms with Crippen molar-refractivity contribution in [2.45, 2.75) is 27.7 Å². The van der Waals surface area contributed by atoms with Crippen molar-refractivity contribution in [3.8, 4) is 0 Å². The number of aromatic nitrogens is 2. The molecule has 0 unspecified atom stereocenters. The summed E-state index contributed by atoms with van der Waals surface area (Å²) in [6.45, 7) is 7.98. The molecule has 4 aromatic rings. The van der Waals surface area contributed by atoms with Crippen molar-refractivity contribution in [2.24, 2.45) is 0 Å². The highest BCUT2D eigenvalue weighted by Gasteiger charge is 2.14. The summed E-state index contributed by atoms with van der Waals surface area (Å²) in [6, 6.07) is 7.73. The lowest BCUT2D eigenvalue weighted by Crippen LogP contribution is -2.15. The number of rotatable bonds is 0. The molecule has 0 fully saturated rings. The maximum absolute atomic E-state index is 13.1. The van der Waals surface area contributed by atoms with Crippen LogP contribution in [0.25, 0.3) is 32.7 Å². The van der Waals surface area contributed by atoms with Crippen LogP contribution in [0.3, 0.4) is 0 Å². The molecule has 0 spiro atoms. The quantitative estimate of drug-likeness (QED) is 0.383. The fourth-order valence-electron chi connectivity index (χ4n) is 3.29. The Morgan fingerprint density at radius 1 is 0.667 bits per heavy atom. The Labute approximate surface area is 138 Å². The first kappa shape index (κ1) is 14.7. The van der Waals surface area contributed by atoms with Crippen molar-refractivity contribution in [3.05, 3.63) is 67.1 Å². The van der Waals surface area contributed by atoms with Crippen LogP contribution >= 0.6 is 0 Å². The predicted molar refractivity (Wildman–Crippen MR) is 99.1 cm³/mol. The van der Waals surface area contributed by atoms with Crippen LogP contribution in [0.5, 0.6) is 0 Å². The molecule has 2 heterocycles. The zero-order valence-electron chi connectivity index (χ0n) is 14.1. The average molecular weight is 318 g/mol. The molecule has 0 saturated heterocycles. The van der Waals surface area contributed by atoms with Crippen molar-refractivity contribution in [1.29, 1.82) is 0 Å². The third kappa shape index (κ3) is 1.92. The summed E-state index contributed by atoms with van der Waals surface area (Å²) >= 11 is 0. The zero-order chi connectivity index (χ0) is 17.2. The number of aromatic amines is 2. The molecule has 0 aliphatic rings. The highest BCUT2D eigenvalue weighted by molar-refractivity contribution is 6.08. The Balaban J connectivity index is 2.35. The molecule has 0 amide bonds. The normalized spacial score (nSPS) is 11.7. The Bertz CT molecular complexity index is 1270. The fourth-order valence-corrected chi connectivity index (χ4v) is 3.29. The lowest BCUT2D eigenvalue weighted by Gasteiger charge is -2.09. The van der Waals surface area contributed by atoms with Gasteiger partial charge in [0.1, 0.15) is 5.52 Å². The second-order valence-electron chi connectivity index (χ2n) is 6.62. The highest BCUT2D eigenvalue weighted by Crippen LogP contribution is 2.24. The van der Waals surface area contributed by atoms with Crippen LogP contribution in [0.15, 0.2) is 33.9 Å². The minimum Gasteiger partial charge on any atom is -0.350 e. The van der Waals surface area contributed by atoms with Crippen LogP contribution in [-0.2, 0) is 0 Å². The first-order valence-electron chi connectivity index (χ1n) is 7.97. The van der Waals surface area contributed by atoms with Crippen molar-refractivity contribution in [2.75, 3.05) is 0 Å². The Hall–Kier alpha value is -2.88. The molecule has 0 aliphatic carbocycles. The highest BCUT2D eigenvalue weighted by atomic mass is 16.1. The minimum atomic E-state index is -0.266. The van der Waals surface area contributed by atoms with E-state index in [1.807, 2.05) is 52.0 Å². The van der Waals surface area contributed by atoms with Crippen LogP contribution in [0.1, 0.15) is 22.3 Å². The van der Waals surface area contributed by atoms with Gasteiger partial charge in [0.05, 0.1) is 10.9 Å². The van der Waals surface area contributed by atoms with E-state index in [0.29, 0.717) is 27.3 Å². The molecular formula is C20H18N2O2. The summed E-state index contributed by atoms with van der Waals surface area (Å²) in [4.78, 5) is 31.7. The summed E-state index contributed by atoms with van der Waals surface area (Å²) in [5.41, 5.74) is 5.70. The monoisotopic (exact) mass is 318 g/mol. The molecule has 2 N–H and O–H groups in total. The van der Waals surface area contributed by atoms with E-state index in [9.17, 15) is 9.59 Å². The molecule has 4 nitrogen and oxygen atoms in total. The van der Waals surface area contributed by atoms with Gasteiger partial charge in [0.25, 0.3) is 5.56 Å². The van der Waals surface area contributed by atoms with E-state index in [0.717, 1.165) is 27.6 Å². The van der Waals surface area contributed by atoms with Gasteiger partial charge in [-0.1, -0.05) is 0 Å². The van der Waals surface area contributed by atoms with Crippen LogP contribution in [0.2, 0.25) is 0 Å². The summed E-state index contributed by atoms with van der Waals surface area (Å²) in [5.74, 6) is 0. The molecule has 0 radical (unpaired) electrons. The number of benzene rings is 2. The van der Waals surface area contributed by atoms with E-state index in [4.69, 9.17) is 0 Å². The fraction of sp³-hybridized carbons (Fsp3) is 0.200. The Morgan fingerprint density at radius 3 is 1.79 bits per heavy atom. The van der Waals surface area contributed by atoms with Crippen molar-refractivity contribution < 1.29 is 0 Å². The first-order chi connectivity index (χ1) is 11.4. The number of pyridine rings is 2. The molecule has 24 heavy (non-hydrogen) atoms. The largest absolute Gasteiger partial charge is 0.350 e. The molecule has 4 heteroatoms. The zero-order valence-corrected chi connectivity index (χ0v) is 14.1. The molecule has 2 aromatic carbocycles. The number of hydrogen-bond acceptors (Lipinski definition) is 2. The SMILES string of the molecule is Cc1cc2[nH]c3c(=O)[nH]c4cc(C)c(C)cc4c3c(=O)c2cc1C. The van der Waals surface area contributed by atoms with Gasteiger partial charge in [-0.05, 0) is 74.2 Å². The van der Waals surface area contributed by atoms with Crippen molar-refractivity contribution in [1.82, 2.24) is 9.97 Å². The van der Waals surface area contributed by atoms with E-state index in [1.165, 1.54) is 0 Å². The minimum absolute atomic E-state index is 0.0961. The van der Waals surface area contributed by atoms with Crippen LogP contribution < -0.4 is 11.0 Å². The maximum Gasteiger partial charge on any atom is 0.272 e. The summed E-state index contributed by atoms with van der Waals surface area (Å²) in [7, 11) is 0. The van der Waals surface area contributed by atoms with Gasteiger partial charge in [-0.2, -0.15) is 0 Å². The van der Waals surface area contributed by atoms with Gasteiger partial charge in [-0.3, -0.25) is 9.59 Å². The standard InChI is InChI=1S/C20H18N2O2/c1-9-5-13-15(7-11(9)3)22-20(24)18-17(13)19(23)14-6-10(2)12(4)8-16(14)21-18/h5-8H,1-4H3,(H,21,23)(H,22,24). The first-order valence-corrected chi connectivity index (χ1v) is 7.97. The second kappa shape index (κ2) is 4.81. The van der Waals surface area contributed by atoms with E-state index in [2.05, 4.69) is 9.97 Å². The Kier molecular flexibility index (Phi) is 2.94. The molecule has 0 saturated carbocycles. The Morgan fingerprint density at radius 2 is 1.17 bits per heavy atom. The van der Waals surface area contributed by atoms with E-state index >= 15 is 0 Å². The van der Waals surface area contributed by atoms with Gasteiger partial charge in [0, 0.05) is 16.3 Å². The third-order valence-electron chi connectivity index (χ3n) is 4.99. The topological polar surface area (TPSA) is 65.7 Å². The number of H-pyrrole nitrogens is 2. The van der Waals surface area contributed by atoms with Gasteiger partial charge in [-0.25, -0.2) is 0 Å². The second-order valence-corrected chi connectivity index (χ2v) is 6.62. The lowest BCUT2D eigenvalue weighted by molar-refractivity contribution is 1.28. The molecule has 2 aromatic heterocycles. The van der Waals surface area contributed by atoms with Crippen molar-refractivity contribution in [3.63, 3.8) is 0 Å². The van der Waals surface area contributed by atoms with Gasteiger partial charge < -0.3 is 9.97 Å². The summed E-state index contributed by atoms with van der Waals surface area (Å²) < 4.78 is 0. The maximum atomic E-state index is 13.1. The van der Waals surface area contributed by atoms with Crippen molar-refractivity contribution >= 4 is 32.7 Å². The summed E-state index contributed by atoms with van der Waals surface area (Å²) in [6.07, 6.45) is 0. The van der Waals surface area contributed by atoms with Gasteiger partial charge >= 0.3 is 0 Å². The number of fused-ring (bicyclic) bond motifs is 4. The van der Waals surface area contributed by atoms with E-state index in [-0.39, 0.29) is 11.0 Å². The van der Waals surface area contributed by atoms with E-state index in [1.54, 1.807) is 0 Å². The van der Waals surface area contributed by atoms with Crippen LogP contribution in [-0.4, -0.2) is 9.97 Å². The average Bonchev–Trinajstić information content (AvgIpc) is 2.52. The van der Waals surface area contributed by atoms with Crippen LogP contribution in [0, 0.1) is 27.7 Å². The van der Waals surface area contributed by atoms with E-state index < -0.39 is 0 Å². The van der Waals surface area contributed by atoms with Gasteiger partial charge in [-0.15, -0.1) is 0 Å². The van der Waals surface area contributed by atoms with Gasteiger partial charge in [0.2, 0.25) is 0 Å². The molecule has 0 bridgehead atoms. The molecule has 0 atom stereocenters. The smallest absolute Gasteiger partial charge is 0.272 e. The van der Waals surface area contributed by atoms with Crippen LogP contribution in [0.4, 0.5) is 0 Å². The molecule has 4 rings (SSSR count). The third-order valence-corrected chi connectivity index (χ3v) is 4.99. The molecular weight excluding hydrogens is 300 g/mol. The van der Waals surface area contributed by atoms with Gasteiger partial charge in [0.15, 0.2) is 5.43 Å².